The van der Waals surface area contributed by atoms with Gasteiger partial charge in [0.1, 0.15) is 0 Å². The van der Waals surface area contributed by atoms with E-state index in [-0.39, 0.29) is 0 Å². The Kier molecular flexibility index (Phi) is 4.99. The van der Waals surface area contributed by atoms with E-state index in [4.69, 9.17) is 0 Å². The molecule has 0 saturated carbocycles. The fraction of sp³-hybridized carbons (Fsp3) is 0.438. The van der Waals surface area contributed by atoms with Crippen molar-refractivity contribution in [2.24, 2.45) is 0 Å². The first-order valence-corrected chi connectivity index (χ1v) is 10.1. The highest BCUT2D eigenvalue weighted by Crippen LogP contribution is 2.22. The van der Waals surface area contributed by atoms with E-state index in [1.807, 2.05) is 24.6 Å². The normalized spacial score (nSPS) is 15.9. The lowest BCUT2D eigenvalue weighted by Crippen LogP contribution is -2.27. The number of aryl methyl sites for hydroxylation is 1. The Balaban J connectivity index is 1.60. The summed E-state index contributed by atoms with van der Waals surface area (Å²) >= 11 is 1.67. The van der Waals surface area contributed by atoms with Crippen molar-refractivity contribution in [2.75, 3.05) is 25.0 Å². The molecule has 7 heteroatoms. The number of thiazole rings is 1. The number of hydrogen-bond acceptors (Lipinski definition) is 5. The molecule has 0 unspecified atom stereocenters. The van der Waals surface area contributed by atoms with Crippen molar-refractivity contribution < 1.29 is 8.42 Å². The lowest BCUT2D eigenvalue weighted by molar-refractivity contribution is 0.477. The molecule has 1 saturated heterocycles. The molecule has 2 aromatic rings. The van der Waals surface area contributed by atoms with Gasteiger partial charge in [-0.15, -0.1) is 11.3 Å². The van der Waals surface area contributed by atoms with E-state index in [9.17, 15) is 8.42 Å². The highest BCUT2D eigenvalue weighted by Gasteiger charge is 2.26. The average molecular weight is 351 g/mol. The van der Waals surface area contributed by atoms with E-state index in [0.717, 1.165) is 37.2 Å². The predicted octanol–water partition coefficient (Wildman–Crippen LogP) is 2.89. The van der Waals surface area contributed by atoms with Gasteiger partial charge < -0.3 is 5.32 Å². The average Bonchev–Trinajstić information content (AvgIpc) is 3.20. The van der Waals surface area contributed by atoms with Crippen LogP contribution in [0.1, 0.15) is 23.4 Å². The van der Waals surface area contributed by atoms with Gasteiger partial charge >= 0.3 is 0 Å². The smallest absolute Gasteiger partial charge is 0.243 e. The largest absolute Gasteiger partial charge is 0.385 e. The van der Waals surface area contributed by atoms with Crippen LogP contribution in [0.25, 0.3) is 0 Å². The van der Waals surface area contributed by atoms with Crippen molar-refractivity contribution in [3.05, 3.63) is 40.3 Å². The van der Waals surface area contributed by atoms with E-state index in [1.54, 1.807) is 27.8 Å². The number of rotatable bonds is 6. The number of anilines is 1. The van der Waals surface area contributed by atoms with Crippen molar-refractivity contribution in [1.29, 1.82) is 0 Å². The van der Waals surface area contributed by atoms with Gasteiger partial charge in [-0.25, -0.2) is 13.4 Å². The first kappa shape index (κ1) is 16.4. The van der Waals surface area contributed by atoms with Crippen LogP contribution in [-0.4, -0.2) is 37.3 Å². The molecule has 124 valence electrons. The minimum absolute atomic E-state index is 0.378. The molecule has 1 aromatic carbocycles. The molecular formula is C16H21N3O2S2. The Morgan fingerprint density at radius 2 is 1.91 bits per heavy atom. The second kappa shape index (κ2) is 6.98. The number of benzene rings is 1. The zero-order valence-electron chi connectivity index (χ0n) is 13.2. The summed E-state index contributed by atoms with van der Waals surface area (Å²) in [7, 11) is -3.32. The van der Waals surface area contributed by atoms with E-state index in [0.29, 0.717) is 18.0 Å². The summed E-state index contributed by atoms with van der Waals surface area (Å²) in [5.74, 6) is 0. The third-order valence-corrected chi connectivity index (χ3v) is 6.99. The van der Waals surface area contributed by atoms with Gasteiger partial charge in [-0.1, -0.05) is 0 Å². The minimum Gasteiger partial charge on any atom is -0.385 e. The van der Waals surface area contributed by atoms with Gasteiger partial charge in [0.15, 0.2) is 0 Å². The molecule has 5 nitrogen and oxygen atoms in total. The van der Waals surface area contributed by atoms with Crippen LogP contribution in [0.2, 0.25) is 0 Å². The lowest BCUT2D eigenvalue weighted by Gasteiger charge is -2.15. The van der Waals surface area contributed by atoms with Crippen molar-refractivity contribution in [3.63, 3.8) is 0 Å². The van der Waals surface area contributed by atoms with Gasteiger partial charge in [0.25, 0.3) is 0 Å². The Labute approximate surface area is 141 Å². The molecule has 0 radical (unpaired) electrons. The molecule has 2 heterocycles. The summed E-state index contributed by atoms with van der Waals surface area (Å²) in [5.41, 5.74) is 3.89. The van der Waals surface area contributed by atoms with Gasteiger partial charge in [-0.05, 0) is 44.0 Å². The first-order valence-electron chi connectivity index (χ1n) is 7.80. The summed E-state index contributed by atoms with van der Waals surface area (Å²) in [6.07, 6.45) is 2.83. The highest BCUT2D eigenvalue weighted by molar-refractivity contribution is 7.89. The standard InChI is InChI=1S/C16H21N3O2S2/c1-13-16(22-12-18-13)8-9-17-14-4-6-15(7-5-14)23(20,21)19-10-2-3-11-19/h4-7,12,17H,2-3,8-11H2,1H3. The fourth-order valence-electron chi connectivity index (χ4n) is 2.71. The molecule has 1 aromatic heterocycles. The molecule has 3 rings (SSSR count). The van der Waals surface area contributed by atoms with E-state index in [2.05, 4.69) is 10.3 Å². The van der Waals surface area contributed by atoms with Crippen LogP contribution in [0.3, 0.4) is 0 Å². The molecule has 0 spiro atoms. The van der Waals surface area contributed by atoms with Gasteiger partial charge in [-0.3, -0.25) is 0 Å². The minimum atomic E-state index is -3.32. The number of nitrogens with zero attached hydrogens (tertiary/aromatic N) is 2. The van der Waals surface area contributed by atoms with Crippen molar-refractivity contribution in [3.8, 4) is 0 Å². The molecule has 1 aliphatic rings. The molecule has 1 N–H and O–H groups in total. The Hall–Kier alpha value is -1.44. The van der Waals surface area contributed by atoms with E-state index < -0.39 is 10.0 Å². The van der Waals surface area contributed by atoms with Crippen LogP contribution in [0.4, 0.5) is 5.69 Å². The maximum absolute atomic E-state index is 12.5. The van der Waals surface area contributed by atoms with Gasteiger partial charge in [-0.2, -0.15) is 4.31 Å². The van der Waals surface area contributed by atoms with Crippen molar-refractivity contribution in [1.82, 2.24) is 9.29 Å². The number of nitrogens with one attached hydrogen (secondary N) is 1. The van der Waals surface area contributed by atoms with Crippen LogP contribution in [0.5, 0.6) is 0 Å². The Morgan fingerprint density at radius 1 is 1.22 bits per heavy atom. The van der Waals surface area contributed by atoms with Crippen LogP contribution in [0.15, 0.2) is 34.7 Å². The van der Waals surface area contributed by atoms with Crippen LogP contribution >= 0.6 is 11.3 Å². The Bertz CT molecular complexity index is 748. The first-order chi connectivity index (χ1) is 11.1. The monoisotopic (exact) mass is 351 g/mol. The molecule has 23 heavy (non-hydrogen) atoms. The number of hydrogen-bond donors (Lipinski definition) is 1. The summed E-state index contributed by atoms with van der Waals surface area (Å²) in [6, 6.07) is 7.05. The topological polar surface area (TPSA) is 62.3 Å². The zero-order chi connectivity index (χ0) is 16.3. The molecule has 0 amide bonds. The van der Waals surface area contributed by atoms with E-state index in [1.165, 1.54) is 4.88 Å². The summed E-state index contributed by atoms with van der Waals surface area (Å²) in [5, 5.41) is 3.33. The second-order valence-electron chi connectivity index (χ2n) is 5.67. The summed E-state index contributed by atoms with van der Waals surface area (Å²) in [4.78, 5) is 5.90. The Morgan fingerprint density at radius 3 is 2.52 bits per heavy atom. The molecular weight excluding hydrogens is 330 g/mol. The highest BCUT2D eigenvalue weighted by atomic mass is 32.2. The third-order valence-electron chi connectivity index (χ3n) is 4.08. The number of aromatic nitrogens is 1. The van der Waals surface area contributed by atoms with Crippen LogP contribution in [-0.2, 0) is 16.4 Å². The van der Waals surface area contributed by atoms with Gasteiger partial charge in [0, 0.05) is 36.6 Å². The molecule has 0 aliphatic carbocycles. The lowest BCUT2D eigenvalue weighted by atomic mass is 10.3. The summed E-state index contributed by atoms with van der Waals surface area (Å²) < 4.78 is 26.5. The SMILES string of the molecule is Cc1ncsc1CCNc1ccc(S(=O)(=O)N2CCCC2)cc1. The number of sulfonamides is 1. The summed E-state index contributed by atoms with van der Waals surface area (Å²) in [6.45, 7) is 4.10. The fourth-order valence-corrected chi connectivity index (χ4v) is 5.01. The molecule has 1 aliphatic heterocycles. The quantitative estimate of drug-likeness (QED) is 0.869. The van der Waals surface area contributed by atoms with Crippen molar-refractivity contribution >= 4 is 27.0 Å². The molecule has 1 fully saturated rings. The van der Waals surface area contributed by atoms with Crippen molar-refractivity contribution in [2.45, 2.75) is 31.1 Å². The molecule has 0 atom stereocenters. The second-order valence-corrected chi connectivity index (χ2v) is 8.55. The van der Waals surface area contributed by atoms with E-state index >= 15 is 0 Å². The van der Waals surface area contributed by atoms with Crippen LogP contribution < -0.4 is 5.32 Å². The molecule has 0 bridgehead atoms. The van der Waals surface area contributed by atoms with Gasteiger partial charge in [0.2, 0.25) is 10.0 Å². The maximum atomic E-state index is 12.5. The predicted molar refractivity (Wildman–Crippen MR) is 93.5 cm³/mol. The zero-order valence-corrected chi connectivity index (χ0v) is 14.8. The van der Waals surface area contributed by atoms with Gasteiger partial charge in [0.05, 0.1) is 16.1 Å². The van der Waals surface area contributed by atoms with Crippen LogP contribution in [0, 0.1) is 6.92 Å². The third kappa shape index (κ3) is 3.73. The maximum Gasteiger partial charge on any atom is 0.243 e.